The lowest BCUT2D eigenvalue weighted by Crippen LogP contribution is -2.18. The number of phenolic OH excluding ortho intramolecular Hbond substituents is 5. The van der Waals surface area contributed by atoms with Gasteiger partial charge in [0.05, 0.1) is 18.0 Å². The average Bonchev–Trinajstić information content (AvgIpc) is 2.83. The second-order valence-corrected chi connectivity index (χ2v) is 7.07. The second-order valence-electron chi connectivity index (χ2n) is 5.82. The van der Waals surface area contributed by atoms with Gasteiger partial charge in [-0.3, -0.25) is 0 Å². The molecule has 0 bridgehead atoms. The number of aliphatic hydroxyl groups excluding tert-OH is 2. The fourth-order valence-electron chi connectivity index (χ4n) is 3.27. The molecule has 7 N–H and O–H groups in total. The van der Waals surface area contributed by atoms with Gasteiger partial charge in [-0.2, -0.15) is 0 Å². The highest BCUT2D eigenvalue weighted by Crippen LogP contribution is 2.58. The monoisotopic (exact) mass is 366 g/mol. The van der Waals surface area contributed by atoms with Gasteiger partial charge < -0.3 is 35.7 Å². The first kappa shape index (κ1) is 17.5. The minimum absolute atomic E-state index is 0.117. The van der Waals surface area contributed by atoms with Crippen molar-refractivity contribution >= 4 is 11.8 Å². The van der Waals surface area contributed by atoms with Crippen LogP contribution in [0.2, 0.25) is 0 Å². The van der Waals surface area contributed by atoms with Crippen LogP contribution in [0, 0.1) is 0 Å². The van der Waals surface area contributed by atoms with Gasteiger partial charge in [-0.25, -0.2) is 0 Å². The summed E-state index contributed by atoms with van der Waals surface area (Å²) >= 11 is 1.23. The van der Waals surface area contributed by atoms with Crippen LogP contribution in [-0.4, -0.2) is 54.2 Å². The maximum absolute atomic E-state index is 10.8. The summed E-state index contributed by atoms with van der Waals surface area (Å²) in [5, 5.41) is 68.9. The quantitative estimate of drug-likeness (QED) is 0.404. The van der Waals surface area contributed by atoms with Crippen molar-refractivity contribution in [1.29, 1.82) is 0 Å². The van der Waals surface area contributed by atoms with Crippen LogP contribution in [0.5, 0.6) is 28.7 Å². The van der Waals surface area contributed by atoms with Gasteiger partial charge in [-0.15, -0.1) is 11.8 Å². The van der Waals surface area contributed by atoms with E-state index in [2.05, 4.69) is 0 Å². The highest BCUT2D eigenvalue weighted by Gasteiger charge is 2.45. The average molecular weight is 366 g/mol. The SMILES string of the molecule is OCCS[C@H]1c2cc(O)c(O)c(O)c2[C@H](c2ccc(O)cc2O)[C@@H]1O. The molecule has 0 saturated carbocycles. The lowest BCUT2D eigenvalue weighted by Gasteiger charge is -2.21. The Balaban J connectivity index is 2.19. The third kappa shape index (κ3) is 2.82. The Kier molecular flexibility index (Phi) is 4.59. The molecule has 0 spiro atoms. The predicted octanol–water partition coefficient (Wildman–Crippen LogP) is 1.49. The summed E-state index contributed by atoms with van der Waals surface area (Å²) in [5.74, 6) is -2.78. The molecule has 3 rings (SSSR count). The largest absolute Gasteiger partial charge is 0.508 e. The molecule has 8 heteroatoms. The maximum atomic E-state index is 10.8. The number of hydrogen-bond acceptors (Lipinski definition) is 8. The molecule has 0 heterocycles. The van der Waals surface area contributed by atoms with Crippen molar-refractivity contribution in [2.45, 2.75) is 17.3 Å². The Morgan fingerprint density at radius 3 is 2.24 bits per heavy atom. The Labute approximate surface area is 147 Å². The third-order valence-corrected chi connectivity index (χ3v) is 5.64. The summed E-state index contributed by atoms with van der Waals surface area (Å²) in [5.41, 5.74) is 0.870. The van der Waals surface area contributed by atoms with Crippen LogP contribution < -0.4 is 0 Å². The molecular weight excluding hydrogens is 348 g/mol. The van der Waals surface area contributed by atoms with Crippen molar-refractivity contribution in [2.75, 3.05) is 12.4 Å². The molecule has 3 atom stereocenters. The lowest BCUT2D eigenvalue weighted by molar-refractivity contribution is 0.164. The zero-order valence-electron chi connectivity index (χ0n) is 13.0. The molecule has 0 saturated heterocycles. The standard InChI is InChI=1S/C17H18O7S/c18-3-4-25-17-9-6-11(21)14(22)15(23)13(9)12(16(17)24)8-2-1-7(19)5-10(8)20/h1-2,5-6,12,16-24H,3-4H2/t12-,16-,17-/m0/s1. The van der Waals surface area contributed by atoms with E-state index in [-0.39, 0.29) is 29.2 Å². The molecule has 1 aliphatic rings. The molecule has 0 amide bonds. The van der Waals surface area contributed by atoms with Gasteiger partial charge in [-0.1, -0.05) is 6.07 Å². The van der Waals surface area contributed by atoms with E-state index in [0.717, 1.165) is 6.07 Å². The van der Waals surface area contributed by atoms with Gasteiger partial charge in [0.1, 0.15) is 11.5 Å². The number of phenols is 5. The van der Waals surface area contributed by atoms with Crippen molar-refractivity contribution in [3.8, 4) is 28.7 Å². The van der Waals surface area contributed by atoms with Gasteiger partial charge in [-0.05, 0) is 17.7 Å². The second kappa shape index (κ2) is 6.55. The fraction of sp³-hybridized carbons (Fsp3) is 0.294. The Morgan fingerprint density at radius 2 is 1.60 bits per heavy atom. The normalized spacial score (nSPS) is 22.1. The van der Waals surface area contributed by atoms with E-state index in [1.165, 1.54) is 30.0 Å². The molecule has 2 aromatic rings. The first-order valence-corrected chi connectivity index (χ1v) is 8.61. The fourth-order valence-corrected chi connectivity index (χ4v) is 4.36. The molecule has 7 nitrogen and oxygen atoms in total. The van der Waals surface area contributed by atoms with E-state index in [4.69, 9.17) is 5.11 Å². The summed E-state index contributed by atoms with van der Waals surface area (Å²) < 4.78 is 0. The topological polar surface area (TPSA) is 142 Å². The number of benzene rings is 2. The van der Waals surface area contributed by atoms with Gasteiger partial charge >= 0.3 is 0 Å². The van der Waals surface area contributed by atoms with E-state index < -0.39 is 34.5 Å². The molecule has 0 aromatic heterocycles. The van der Waals surface area contributed by atoms with E-state index >= 15 is 0 Å². The predicted molar refractivity (Wildman–Crippen MR) is 91.3 cm³/mol. The highest BCUT2D eigenvalue weighted by atomic mass is 32.2. The maximum Gasteiger partial charge on any atom is 0.200 e. The Bertz CT molecular complexity index is 808. The van der Waals surface area contributed by atoms with Crippen molar-refractivity contribution in [3.05, 3.63) is 41.0 Å². The number of fused-ring (bicyclic) bond motifs is 1. The number of rotatable bonds is 4. The van der Waals surface area contributed by atoms with E-state index in [0.29, 0.717) is 11.3 Å². The summed E-state index contributed by atoms with van der Waals surface area (Å²) in [6.45, 7) is -0.117. The van der Waals surface area contributed by atoms with Crippen molar-refractivity contribution in [1.82, 2.24) is 0 Å². The summed E-state index contributed by atoms with van der Waals surface area (Å²) in [4.78, 5) is 0. The van der Waals surface area contributed by atoms with Crippen LogP contribution in [-0.2, 0) is 0 Å². The van der Waals surface area contributed by atoms with Crippen LogP contribution in [0.3, 0.4) is 0 Å². The van der Waals surface area contributed by atoms with Crippen LogP contribution in [0.25, 0.3) is 0 Å². The molecule has 25 heavy (non-hydrogen) atoms. The van der Waals surface area contributed by atoms with Crippen molar-refractivity contribution in [3.63, 3.8) is 0 Å². The van der Waals surface area contributed by atoms with Crippen molar-refractivity contribution in [2.24, 2.45) is 0 Å². The summed E-state index contributed by atoms with van der Waals surface area (Å²) in [6.07, 6.45) is -1.09. The molecule has 0 radical (unpaired) electrons. The van der Waals surface area contributed by atoms with Gasteiger partial charge in [0.25, 0.3) is 0 Å². The summed E-state index contributed by atoms with van der Waals surface area (Å²) in [7, 11) is 0. The Hall–Kier alpha value is -2.29. The summed E-state index contributed by atoms with van der Waals surface area (Å²) in [6, 6.07) is 5.14. The van der Waals surface area contributed by atoms with Crippen LogP contribution in [0.1, 0.15) is 27.9 Å². The van der Waals surface area contributed by atoms with Gasteiger partial charge in [0, 0.05) is 28.9 Å². The minimum Gasteiger partial charge on any atom is -0.508 e. The zero-order valence-corrected chi connectivity index (χ0v) is 13.8. The smallest absolute Gasteiger partial charge is 0.200 e. The van der Waals surface area contributed by atoms with Crippen LogP contribution >= 0.6 is 11.8 Å². The number of thioether (sulfide) groups is 1. The third-order valence-electron chi connectivity index (χ3n) is 4.33. The molecule has 2 aromatic carbocycles. The molecule has 1 aliphatic carbocycles. The van der Waals surface area contributed by atoms with E-state index in [1.807, 2.05) is 0 Å². The number of aliphatic hydroxyl groups is 2. The molecule has 0 aliphatic heterocycles. The van der Waals surface area contributed by atoms with Crippen LogP contribution in [0.15, 0.2) is 24.3 Å². The molecule has 0 unspecified atom stereocenters. The number of hydrogen-bond donors (Lipinski definition) is 7. The van der Waals surface area contributed by atoms with Gasteiger partial charge in [0.15, 0.2) is 11.5 Å². The first-order chi connectivity index (χ1) is 11.9. The molecule has 0 fully saturated rings. The Morgan fingerprint density at radius 1 is 0.880 bits per heavy atom. The van der Waals surface area contributed by atoms with E-state index in [9.17, 15) is 30.6 Å². The molecular formula is C17H18O7S. The lowest BCUT2D eigenvalue weighted by atomic mass is 9.89. The van der Waals surface area contributed by atoms with E-state index in [1.54, 1.807) is 0 Å². The molecule has 134 valence electrons. The first-order valence-electron chi connectivity index (χ1n) is 7.56. The minimum atomic E-state index is -1.09. The van der Waals surface area contributed by atoms with Crippen molar-refractivity contribution < 1.29 is 35.7 Å². The number of aromatic hydroxyl groups is 5. The zero-order chi connectivity index (χ0) is 18.3. The highest BCUT2D eigenvalue weighted by molar-refractivity contribution is 7.99. The van der Waals surface area contributed by atoms with Gasteiger partial charge in [0.2, 0.25) is 5.75 Å². The van der Waals surface area contributed by atoms with Crippen LogP contribution in [0.4, 0.5) is 0 Å².